The van der Waals surface area contributed by atoms with Gasteiger partial charge in [0.05, 0.1) is 5.01 Å². The van der Waals surface area contributed by atoms with Crippen LogP contribution in [0.3, 0.4) is 0 Å². The first-order valence-electron chi connectivity index (χ1n) is 6.99. The Kier molecular flexibility index (Phi) is 5.89. The summed E-state index contributed by atoms with van der Waals surface area (Å²) < 4.78 is 5.37. The van der Waals surface area contributed by atoms with E-state index >= 15 is 0 Å². The van der Waals surface area contributed by atoms with Crippen LogP contribution in [0.5, 0.6) is 0 Å². The van der Waals surface area contributed by atoms with Crippen LogP contribution in [0, 0.1) is 0 Å². The molecular formula is C14H21N5OS. The topological polar surface area (TPSA) is 72.0 Å². The van der Waals surface area contributed by atoms with E-state index in [0.29, 0.717) is 25.0 Å². The summed E-state index contributed by atoms with van der Waals surface area (Å²) in [6.07, 6.45) is 1.83. The molecule has 0 fully saturated rings. The van der Waals surface area contributed by atoms with Crippen LogP contribution in [0.1, 0.15) is 30.6 Å². The number of thiazole rings is 1. The van der Waals surface area contributed by atoms with E-state index in [4.69, 9.17) is 4.74 Å². The van der Waals surface area contributed by atoms with Gasteiger partial charge in [-0.1, -0.05) is 6.92 Å². The molecule has 0 spiro atoms. The average molecular weight is 307 g/mol. The van der Waals surface area contributed by atoms with E-state index in [0.717, 1.165) is 23.2 Å². The Morgan fingerprint density at radius 2 is 2.14 bits per heavy atom. The van der Waals surface area contributed by atoms with Gasteiger partial charge < -0.3 is 15.4 Å². The fourth-order valence-corrected chi connectivity index (χ4v) is 2.49. The lowest BCUT2D eigenvalue weighted by molar-refractivity contribution is 0.128. The minimum absolute atomic E-state index is 0.341. The van der Waals surface area contributed by atoms with E-state index < -0.39 is 0 Å². The van der Waals surface area contributed by atoms with Crippen LogP contribution in [0.2, 0.25) is 0 Å². The molecule has 0 aliphatic carbocycles. The molecule has 7 heteroatoms. The number of nitrogens with zero attached hydrogens (tertiary/aromatic N) is 3. The summed E-state index contributed by atoms with van der Waals surface area (Å²) in [5.74, 6) is 2.60. The van der Waals surface area contributed by atoms with Gasteiger partial charge in [-0.2, -0.15) is 0 Å². The molecule has 0 aromatic carbocycles. The monoisotopic (exact) mass is 307 g/mol. The number of hydrogen-bond donors (Lipinski definition) is 2. The number of rotatable bonds is 8. The highest BCUT2D eigenvalue weighted by molar-refractivity contribution is 7.09. The minimum Gasteiger partial charge on any atom is -0.374 e. The van der Waals surface area contributed by atoms with Gasteiger partial charge in [0.25, 0.3) is 0 Å². The normalized spacial score (nSPS) is 12.1. The van der Waals surface area contributed by atoms with Crippen molar-refractivity contribution >= 4 is 23.0 Å². The Hall–Kier alpha value is -1.73. The quantitative estimate of drug-likeness (QED) is 0.781. The van der Waals surface area contributed by atoms with Crippen molar-refractivity contribution in [2.45, 2.75) is 26.4 Å². The van der Waals surface area contributed by atoms with E-state index in [1.807, 2.05) is 31.6 Å². The van der Waals surface area contributed by atoms with Crippen LogP contribution in [-0.4, -0.2) is 35.2 Å². The standard InChI is InChI=1S/C14H21N5OS/c1-4-20-9-13-18-11(15-3)7-12(19-13)17-8-10(2)14-16-5-6-21-14/h5-7,10H,4,8-9H2,1-3H3,(H2,15,17,18,19). The van der Waals surface area contributed by atoms with Gasteiger partial charge in [-0.3, -0.25) is 0 Å². The highest BCUT2D eigenvalue weighted by Gasteiger charge is 2.09. The van der Waals surface area contributed by atoms with E-state index in [2.05, 4.69) is 32.5 Å². The fraction of sp³-hybridized carbons (Fsp3) is 0.500. The summed E-state index contributed by atoms with van der Waals surface area (Å²) in [6.45, 7) is 5.95. The third-order valence-corrected chi connectivity index (χ3v) is 3.93. The molecule has 0 aliphatic heterocycles. The van der Waals surface area contributed by atoms with Gasteiger partial charge in [0.15, 0.2) is 5.82 Å². The largest absolute Gasteiger partial charge is 0.374 e. The first-order chi connectivity index (χ1) is 10.2. The van der Waals surface area contributed by atoms with E-state index in [1.54, 1.807) is 11.3 Å². The van der Waals surface area contributed by atoms with Crippen molar-refractivity contribution in [2.75, 3.05) is 30.8 Å². The van der Waals surface area contributed by atoms with E-state index in [9.17, 15) is 0 Å². The van der Waals surface area contributed by atoms with Crippen molar-refractivity contribution in [1.82, 2.24) is 15.0 Å². The molecule has 2 aromatic heterocycles. The molecule has 2 rings (SSSR count). The molecule has 2 N–H and O–H groups in total. The maximum Gasteiger partial charge on any atom is 0.158 e. The average Bonchev–Trinajstić information content (AvgIpc) is 3.04. The summed E-state index contributed by atoms with van der Waals surface area (Å²) in [5.41, 5.74) is 0. The minimum atomic E-state index is 0.341. The molecule has 1 unspecified atom stereocenters. The molecule has 1 atom stereocenters. The zero-order chi connectivity index (χ0) is 15.1. The number of hydrogen-bond acceptors (Lipinski definition) is 7. The molecule has 0 saturated carbocycles. The Balaban J connectivity index is 2.01. The third-order valence-electron chi connectivity index (χ3n) is 2.93. The number of anilines is 2. The van der Waals surface area contributed by atoms with Crippen LogP contribution < -0.4 is 10.6 Å². The molecule has 6 nitrogen and oxygen atoms in total. The van der Waals surface area contributed by atoms with Gasteiger partial charge in [-0.25, -0.2) is 15.0 Å². The molecule has 114 valence electrons. The molecular weight excluding hydrogens is 286 g/mol. The van der Waals surface area contributed by atoms with Gasteiger partial charge in [0.1, 0.15) is 18.2 Å². The Morgan fingerprint density at radius 1 is 1.33 bits per heavy atom. The van der Waals surface area contributed by atoms with Gasteiger partial charge in [0, 0.05) is 43.8 Å². The summed E-state index contributed by atoms with van der Waals surface area (Å²) >= 11 is 1.67. The maximum absolute atomic E-state index is 5.37. The van der Waals surface area contributed by atoms with E-state index in [1.165, 1.54) is 0 Å². The zero-order valence-corrected chi connectivity index (χ0v) is 13.4. The Bertz CT molecular complexity index is 546. The van der Waals surface area contributed by atoms with Gasteiger partial charge in [-0.15, -0.1) is 11.3 Å². The summed E-state index contributed by atoms with van der Waals surface area (Å²) in [5, 5.41) is 9.51. The fourth-order valence-electron chi connectivity index (χ4n) is 1.80. The lowest BCUT2D eigenvalue weighted by Crippen LogP contribution is -2.13. The van der Waals surface area contributed by atoms with Crippen molar-refractivity contribution in [2.24, 2.45) is 0 Å². The second kappa shape index (κ2) is 7.90. The summed E-state index contributed by atoms with van der Waals surface area (Å²) in [7, 11) is 1.84. The molecule has 0 bridgehead atoms. The predicted molar refractivity (Wildman–Crippen MR) is 85.9 cm³/mol. The molecule has 0 saturated heterocycles. The Morgan fingerprint density at radius 3 is 2.81 bits per heavy atom. The van der Waals surface area contributed by atoms with Crippen LogP contribution in [0.15, 0.2) is 17.6 Å². The van der Waals surface area contributed by atoms with Crippen molar-refractivity contribution in [3.05, 3.63) is 28.5 Å². The second-order valence-corrected chi connectivity index (χ2v) is 5.52. The van der Waals surface area contributed by atoms with Gasteiger partial charge >= 0.3 is 0 Å². The first kappa shape index (κ1) is 15.7. The predicted octanol–water partition coefficient (Wildman–Crippen LogP) is 2.73. The Labute approximate surface area is 129 Å². The molecule has 2 aromatic rings. The SMILES string of the molecule is CCOCc1nc(NC)cc(NCC(C)c2nccs2)n1. The molecule has 0 amide bonds. The van der Waals surface area contributed by atoms with E-state index in [-0.39, 0.29) is 0 Å². The van der Waals surface area contributed by atoms with Crippen LogP contribution in [0.25, 0.3) is 0 Å². The lowest BCUT2D eigenvalue weighted by Gasteiger charge is -2.12. The molecule has 0 radical (unpaired) electrons. The highest BCUT2D eigenvalue weighted by atomic mass is 32.1. The maximum atomic E-state index is 5.37. The van der Waals surface area contributed by atoms with Crippen molar-refractivity contribution in [3.63, 3.8) is 0 Å². The lowest BCUT2D eigenvalue weighted by atomic mass is 10.2. The molecule has 2 heterocycles. The first-order valence-corrected chi connectivity index (χ1v) is 7.87. The number of nitrogens with one attached hydrogen (secondary N) is 2. The van der Waals surface area contributed by atoms with Crippen LogP contribution in [-0.2, 0) is 11.3 Å². The van der Waals surface area contributed by atoms with Gasteiger partial charge in [-0.05, 0) is 6.92 Å². The van der Waals surface area contributed by atoms with Gasteiger partial charge in [0.2, 0.25) is 0 Å². The highest BCUT2D eigenvalue weighted by Crippen LogP contribution is 2.19. The second-order valence-electron chi connectivity index (χ2n) is 4.59. The van der Waals surface area contributed by atoms with Crippen LogP contribution in [0.4, 0.5) is 11.6 Å². The van der Waals surface area contributed by atoms with Crippen LogP contribution >= 0.6 is 11.3 Å². The van der Waals surface area contributed by atoms with Crippen molar-refractivity contribution < 1.29 is 4.74 Å². The number of aromatic nitrogens is 3. The summed E-state index contributed by atoms with van der Waals surface area (Å²) in [4.78, 5) is 13.2. The summed E-state index contributed by atoms with van der Waals surface area (Å²) in [6, 6.07) is 1.89. The van der Waals surface area contributed by atoms with Crippen molar-refractivity contribution in [1.29, 1.82) is 0 Å². The smallest absolute Gasteiger partial charge is 0.158 e. The number of ether oxygens (including phenoxy) is 1. The third kappa shape index (κ3) is 4.64. The molecule has 21 heavy (non-hydrogen) atoms. The zero-order valence-electron chi connectivity index (χ0n) is 12.6. The van der Waals surface area contributed by atoms with Crippen molar-refractivity contribution in [3.8, 4) is 0 Å². The molecule has 0 aliphatic rings.